The third-order valence-electron chi connectivity index (χ3n) is 3.48. The predicted molar refractivity (Wildman–Crippen MR) is 77.1 cm³/mol. The first-order valence-electron chi connectivity index (χ1n) is 6.33. The lowest BCUT2D eigenvalue weighted by Crippen LogP contribution is -2.40. The number of nitrogens with zero attached hydrogens (tertiary/aromatic N) is 2. The Kier molecular flexibility index (Phi) is 3.26. The Morgan fingerprint density at radius 2 is 2.19 bits per heavy atom. The minimum absolute atomic E-state index is 0.0265. The zero-order valence-corrected chi connectivity index (χ0v) is 11.7. The number of thiazole rings is 1. The lowest BCUT2D eigenvalue weighted by Gasteiger charge is -2.21. The molecule has 1 aliphatic heterocycles. The number of likely N-dealkylation sites (tertiary alicyclic amines) is 1. The van der Waals surface area contributed by atoms with Crippen LogP contribution in [0, 0.1) is 0 Å². The van der Waals surface area contributed by atoms with E-state index in [9.17, 15) is 14.7 Å². The summed E-state index contributed by atoms with van der Waals surface area (Å²) >= 11 is 1.26. The maximum absolute atomic E-state index is 12.5. The molecule has 3 rings (SSSR count). The van der Waals surface area contributed by atoms with Gasteiger partial charge in [0.15, 0.2) is 5.13 Å². The van der Waals surface area contributed by atoms with E-state index in [4.69, 9.17) is 10.8 Å². The molecular weight excluding hydrogens is 294 g/mol. The zero-order valence-electron chi connectivity index (χ0n) is 10.9. The monoisotopic (exact) mass is 307 g/mol. The number of amides is 1. The number of benzene rings is 1. The number of fused-ring (bicyclic) bond motifs is 1. The molecule has 4 N–H and O–H groups in total. The van der Waals surface area contributed by atoms with Crippen molar-refractivity contribution >= 4 is 38.6 Å². The molecule has 2 atom stereocenters. The van der Waals surface area contributed by atoms with Gasteiger partial charge in [0.1, 0.15) is 6.04 Å². The number of hydrogen-bond donors (Lipinski definition) is 3. The quantitative estimate of drug-likeness (QED) is 0.745. The van der Waals surface area contributed by atoms with E-state index in [2.05, 4.69) is 4.98 Å². The number of aromatic nitrogens is 1. The molecule has 21 heavy (non-hydrogen) atoms. The number of carboxylic acid groups (broad SMARTS) is 1. The van der Waals surface area contributed by atoms with Crippen molar-refractivity contribution in [2.24, 2.45) is 0 Å². The predicted octanol–water partition coefficient (Wildman–Crippen LogP) is 0.538. The topological polar surface area (TPSA) is 117 Å². The number of rotatable bonds is 2. The second-order valence-electron chi connectivity index (χ2n) is 4.94. The standard InChI is InChI=1S/C13H13N3O4S/c14-13-15-8-2-1-6(3-10(8)21-13)11(18)16-5-7(17)4-9(16)12(19)20/h1-3,7,9,17H,4-5H2,(H2,14,15)(H,19,20). The van der Waals surface area contributed by atoms with Crippen LogP contribution in [0.1, 0.15) is 16.8 Å². The van der Waals surface area contributed by atoms with Gasteiger partial charge in [-0.25, -0.2) is 9.78 Å². The third kappa shape index (κ3) is 2.43. The maximum atomic E-state index is 12.5. The van der Waals surface area contributed by atoms with E-state index < -0.39 is 24.0 Å². The van der Waals surface area contributed by atoms with Gasteiger partial charge in [0.2, 0.25) is 0 Å². The molecule has 0 saturated carbocycles. The van der Waals surface area contributed by atoms with Gasteiger partial charge >= 0.3 is 5.97 Å². The molecule has 1 fully saturated rings. The van der Waals surface area contributed by atoms with Crippen LogP contribution in [0.5, 0.6) is 0 Å². The number of hydrogen-bond acceptors (Lipinski definition) is 6. The van der Waals surface area contributed by atoms with Crippen molar-refractivity contribution in [3.05, 3.63) is 23.8 Å². The van der Waals surface area contributed by atoms with E-state index in [1.54, 1.807) is 18.2 Å². The van der Waals surface area contributed by atoms with Gasteiger partial charge in [-0.3, -0.25) is 4.79 Å². The Bertz CT molecular complexity index is 729. The summed E-state index contributed by atoms with van der Waals surface area (Å²) in [5.74, 6) is -1.52. The second-order valence-corrected chi connectivity index (χ2v) is 6.00. The Hall–Kier alpha value is -2.19. The Balaban J connectivity index is 1.93. The number of aliphatic hydroxyl groups excluding tert-OH is 1. The van der Waals surface area contributed by atoms with E-state index in [0.717, 1.165) is 4.70 Å². The first kappa shape index (κ1) is 13.8. The minimum atomic E-state index is -1.11. The number of anilines is 1. The first-order valence-corrected chi connectivity index (χ1v) is 7.15. The van der Waals surface area contributed by atoms with E-state index in [0.29, 0.717) is 16.2 Å². The Labute approximate surface area is 123 Å². The highest BCUT2D eigenvalue weighted by Crippen LogP contribution is 2.27. The van der Waals surface area contributed by atoms with Crippen LogP contribution in [0.2, 0.25) is 0 Å². The molecule has 2 unspecified atom stereocenters. The summed E-state index contributed by atoms with van der Waals surface area (Å²) in [6, 6.07) is 3.93. The Morgan fingerprint density at radius 3 is 2.90 bits per heavy atom. The SMILES string of the molecule is Nc1nc2ccc(C(=O)N3CC(O)CC3C(=O)O)cc2s1. The van der Waals surface area contributed by atoms with E-state index in [-0.39, 0.29) is 13.0 Å². The second kappa shape index (κ2) is 4.97. The number of carbonyl (C=O) groups excluding carboxylic acids is 1. The highest BCUT2D eigenvalue weighted by molar-refractivity contribution is 7.22. The normalized spacial score (nSPS) is 21.9. The van der Waals surface area contributed by atoms with Crippen LogP contribution in [0.15, 0.2) is 18.2 Å². The molecule has 1 aromatic carbocycles. The number of carboxylic acids is 1. The van der Waals surface area contributed by atoms with Crippen LogP contribution >= 0.6 is 11.3 Å². The van der Waals surface area contributed by atoms with Crippen LogP contribution in [0.4, 0.5) is 5.13 Å². The first-order chi connectivity index (χ1) is 9.95. The summed E-state index contributed by atoms with van der Waals surface area (Å²) < 4.78 is 0.768. The fourth-order valence-electron chi connectivity index (χ4n) is 2.51. The van der Waals surface area contributed by atoms with Gasteiger partial charge in [-0.15, -0.1) is 0 Å². The van der Waals surface area contributed by atoms with Crippen molar-refractivity contribution in [2.75, 3.05) is 12.3 Å². The number of aliphatic hydroxyl groups is 1. The average Bonchev–Trinajstić information content (AvgIpc) is 2.98. The summed E-state index contributed by atoms with van der Waals surface area (Å²) in [6.07, 6.45) is -0.755. The Morgan fingerprint density at radius 1 is 1.43 bits per heavy atom. The van der Waals surface area contributed by atoms with Crippen molar-refractivity contribution in [2.45, 2.75) is 18.6 Å². The van der Waals surface area contributed by atoms with Gasteiger partial charge in [-0.2, -0.15) is 0 Å². The van der Waals surface area contributed by atoms with Gasteiger partial charge in [0.25, 0.3) is 5.91 Å². The summed E-state index contributed by atoms with van der Waals surface area (Å²) in [7, 11) is 0. The third-order valence-corrected chi connectivity index (χ3v) is 4.32. The summed E-state index contributed by atoms with van der Waals surface area (Å²) in [5.41, 5.74) is 6.69. The number of carbonyl (C=O) groups is 2. The molecule has 0 bridgehead atoms. The highest BCUT2D eigenvalue weighted by atomic mass is 32.1. The molecule has 7 nitrogen and oxygen atoms in total. The number of aliphatic carboxylic acids is 1. The number of β-amino-alcohol motifs (C(OH)–C–C–N with tert-alkyl or cyclic N) is 1. The van der Waals surface area contributed by atoms with Crippen molar-refractivity contribution in [1.29, 1.82) is 0 Å². The van der Waals surface area contributed by atoms with Crippen LogP contribution in [0.3, 0.4) is 0 Å². The number of nitrogen functional groups attached to an aromatic ring is 1. The van der Waals surface area contributed by atoms with Gasteiger partial charge < -0.3 is 20.8 Å². The van der Waals surface area contributed by atoms with Crippen molar-refractivity contribution in [3.63, 3.8) is 0 Å². The van der Waals surface area contributed by atoms with Crippen LogP contribution in [0.25, 0.3) is 10.2 Å². The van der Waals surface area contributed by atoms with Crippen LogP contribution in [-0.4, -0.2) is 50.7 Å². The summed E-state index contributed by atoms with van der Waals surface area (Å²) in [4.78, 5) is 28.9. The molecule has 2 aromatic rings. The van der Waals surface area contributed by atoms with E-state index in [1.165, 1.54) is 16.2 Å². The molecule has 8 heteroatoms. The molecule has 2 heterocycles. The van der Waals surface area contributed by atoms with E-state index in [1.807, 2.05) is 0 Å². The summed E-state index contributed by atoms with van der Waals surface area (Å²) in [5, 5.41) is 19.2. The molecule has 1 aromatic heterocycles. The van der Waals surface area contributed by atoms with Gasteiger partial charge in [-0.05, 0) is 18.2 Å². The molecule has 0 aliphatic carbocycles. The maximum Gasteiger partial charge on any atom is 0.326 e. The smallest absolute Gasteiger partial charge is 0.326 e. The largest absolute Gasteiger partial charge is 0.480 e. The molecule has 0 spiro atoms. The lowest BCUT2D eigenvalue weighted by molar-refractivity contribution is -0.141. The molecule has 1 aliphatic rings. The molecule has 1 saturated heterocycles. The van der Waals surface area contributed by atoms with Gasteiger partial charge in [-0.1, -0.05) is 11.3 Å². The van der Waals surface area contributed by atoms with Crippen molar-refractivity contribution in [1.82, 2.24) is 9.88 Å². The van der Waals surface area contributed by atoms with Crippen molar-refractivity contribution < 1.29 is 19.8 Å². The van der Waals surface area contributed by atoms with E-state index >= 15 is 0 Å². The molecular formula is C13H13N3O4S. The van der Waals surface area contributed by atoms with Crippen molar-refractivity contribution in [3.8, 4) is 0 Å². The fraction of sp³-hybridized carbons (Fsp3) is 0.308. The fourth-order valence-corrected chi connectivity index (χ4v) is 3.29. The van der Waals surface area contributed by atoms with Gasteiger partial charge in [0.05, 0.1) is 16.3 Å². The minimum Gasteiger partial charge on any atom is -0.480 e. The summed E-state index contributed by atoms with van der Waals surface area (Å²) in [6.45, 7) is 0.0265. The van der Waals surface area contributed by atoms with Crippen LogP contribution in [-0.2, 0) is 4.79 Å². The molecule has 0 radical (unpaired) electrons. The van der Waals surface area contributed by atoms with Crippen LogP contribution < -0.4 is 5.73 Å². The number of nitrogens with two attached hydrogens (primary N) is 1. The molecule has 1 amide bonds. The highest BCUT2D eigenvalue weighted by Gasteiger charge is 2.39. The van der Waals surface area contributed by atoms with Gasteiger partial charge in [0, 0.05) is 18.5 Å². The molecule has 110 valence electrons. The lowest BCUT2D eigenvalue weighted by atomic mass is 10.1. The average molecular weight is 307 g/mol. The zero-order chi connectivity index (χ0) is 15.1.